The number of hydrogen-bond acceptors (Lipinski definition) is 2. The van der Waals surface area contributed by atoms with E-state index in [1.165, 1.54) is 27.7 Å². The predicted molar refractivity (Wildman–Crippen MR) is 78.1 cm³/mol. The molecule has 3 nitrogen and oxygen atoms in total. The van der Waals surface area contributed by atoms with Crippen molar-refractivity contribution in [1.29, 1.82) is 0 Å². The van der Waals surface area contributed by atoms with Crippen LogP contribution in [0.4, 0.5) is 0 Å². The molecule has 98 valence electrons. The number of fused-ring (bicyclic) bond motifs is 1. The first kappa shape index (κ1) is 13.1. The first-order chi connectivity index (χ1) is 8.61. The van der Waals surface area contributed by atoms with E-state index in [0.29, 0.717) is 6.54 Å². The SMILES string of the molecule is Cc1ccc2[nH]c(CCN(C)C)c(CCN)c2c1. The van der Waals surface area contributed by atoms with Gasteiger partial charge >= 0.3 is 0 Å². The number of aromatic amines is 1. The number of hydrogen-bond donors (Lipinski definition) is 2. The monoisotopic (exact) mass is 245 g/mol. The summed E-state index contributed by atoms with van der Waals surface area (Å²) in [5.41, 5.74) is 11.0. The summed E-state index contributed by atoms with van der Waals surface area (Å²) in [6.07, 6.45) is 2.00. The lowest BCUT2D eigenvalue weighted by molar-refractivity contribution is 0.411. The fourth-order valence-electron chi connectivity index (χ4n) is 2.40. The molecule has 1 aromatic carbocycles. The molecule has 2 rings (SSSR count). The van der Waals surface area contributed by atoms with Crippen molar-refractivity contribution >= 4 is 10.9 Å². The molecule has 0 spiro atoms. The second-order valence-electron chi connectivity index (χ2n) is 5.22. The van der Waals surface area contributed by atoms with E-state index >= 15 is 0 Å². The van der Waals surface area contributed by atoms with Crippen molar-refractivity contribution in [3.05, 3.63) is 35.0 Å². The van der Waals surface area contributed by atoms with Crippen molar-refractivity contribution < 1.29 is 0 Å². The Morgan fingerprint density at radius 2 is 2.00 bits per heavy atom. The quantitative estimate of drug-likeness (QED) is 0.847. The molecule has 0 aliphatic rings. The maximum absolute atomic E-state index is 5.75. The van der Waals surface area contributed by atoms with Gasteiger partial charge in [0.2, 0.25) is 0 Å². The number of rotatable bonds is 5. The molecule has 18 heavy (non-hydrogen) atoms. The van der Waals surface area contributed by atoms with E-state index in [1.807, 2.05) is 0 Å². The number of aryl methyl sites for hydroxylation is 1. The summed E-state index contributed by atoms with van der Waals surface area (Å²) in [5.74, 6) is 0. The summed E-state index contributed by atoms with van der Waals surface area (Å²) in [6, 6.07) is 6.58. The molecule has 0 amide bonds. The van der Waals surface area contributed by atoms with Crippen molar-refractivity contribution in [2.24, 2.45) is 5.73 Å². The number of nitrogens with one attached hydrogen (secondary N) is 1. The van der Waals surface area contributed by atoms with E-state index in [2.05, 4.69) is 49.1 Å². The molecule has 0 saturated heterocycles. The summed E-state index contributed by atoms with van der Waals surface area (Å²) < 4.78 is 0. The lowest BCUT2D eigenvalue weighted by Gasteiger charge is -2.09. The highest BCUT2D eigenvalue weighted by Gasteiger charge is 2.11. The van der Waals surface area contributed by atoms with Crippen molar-refractivity contribution in [3.8, 4) is 0 Å². The molecule has 3 heteroatoms. The molecule has 0 aliphatic heterocycles. The van der Waals surface area contributed by atoms with Crippen LogP contribution in [-0.2, 0) is 12.8 Å². The van der Waals surface area contributed by atoms with Gasteiger partial charge in [-0.15, -0.1) is 0 Å². The molecule has 3 N–H and O–H groups in total. The Balaban J connectivity index is 2.41. The third-order valence-electron chi connectivity index (χ3n) is 3.35. The van der Waals surface area contributed by atoms with Crippen molar-refractivity contribution in [3.63, 3.8) is 0 Å². The third-order valence-corrected chi connectivity index (χ3v) is 3.35. The van der Waals surface area contributed by atoms with Crippen LogP contribution >= 0.6 is 0 Å². The summed E-state index contributed by atoms with van der Waals surface area (Å²) in [6.45, 7) is 3.90. The van der Waals surface area contributed by atoms with Gasteiger partial charge in [0.15, 0.2) is 0 Å². The minimum Gasteiger partial charge on any atom is -0.358 e. The van der Waals surface area contributed by atoms with Gasteiger partial charge in [-0.25, -0.2) is 0 Å². The maximum atomic E-state index is 5.75. The molecule has 0 bridgehead atoms. The van der Waals surface area contributed by atoms with Gasteiger partial charge in [-0.05, 0) is 51.7 Å². The Kier molecular flexibility index (Phi) is 4.04. The average Bonchev–Trinajstić information content (AvgIpc) is 2.65. The van der Waals surface area contributed by atoms with Gasteiger partial charge in [0.1, 0.15) is 0 Å². The summed E-state index contributed by atoms with van der Waals surface area (Å²) in [7, 11) is 4.21. The first-order valence-electron chi connectivity index (χ1n) is 6.56. The Morgan fingerprint density at radius 1 is 1.22 bits per heavy atom. The smallest absolute Gasteiger partial charge is 0.0459 e. The predicted octanol–water partition coefficient (Wildman–Crippen LogP) is 2.08. The van der Waals surface area contributed by atoms with Crippen LogP contribution in [0.2, 0.25) is 0 Å². The number of likely N-dealkylation sites (N-methyl/N-ethyl adjacent to an activating group) is 1. The van der Waals surface area contributed by atoms with Crippen LogP contribution in [0.15, 0.2) is 18.2 Å². The molecule has 1 aromatic heterocycles. The topological polar surface area (TPSA) is 45.0 Å². The fourth-order valence-corrected chi connectivity index (χ4v) is 2.40. The normalized spacial score (nSPS) is 11.6. The van der Waals surface area contributed by atoms with Crippen LogP contribution in [0.1, 0.15) is 16.8 Å². The Bertz CT molecular complexity index is 526. The van der Waals surface area contributed by atoms with Crippen LogP contribution in [0, 0.1) is 6.92 Å². The number of H-pyrrole nitrogens is 1. The first-order valence-corrected chi connectivity index (χ1v) is 6.56. The minimum atomic E-state index is 0.704. The van der Waals surface area contributed by atoms with E-state index in [9.17, 15) is 0 Å². The molecule has 0 unspecified atom stereocenters. The molecule has 2 aromatic rings. The number of benzene rings is 1. The van der Waals surface area contributed by atoms with Crippen LogP contribution in [0.5, 0.6) is 0 Å². The van der Waals surface area contributed by atoms with E-state index < -0.39 is 0 Å². The molecule has 0 aliphatic carbocycles. The molecule has 0 atom stereocenters. The van der Waals surface area contributed by atoms with Gasteiger partial charge in [0.25, 0.3) is 0 Å². The number of aromatic nitrogens is 1. The molecular weight excluding hydrogens is 222 g/mol. The fraction of sp³-hybridized carbons (Fsp3) is 0.467. The third kappa shape index (κ3) is 2.74. The average molecular weight is 245 g/mol. The van der Waals surface area contributed by atoms with E-state index in [1.54, 1.807) is 0 Å². The Labute approximate surface area is 109 Å². The standard InChI is InChI=1S/C15H23N3/c1-11-4-5-14-13(10-11)12(6-8-16)15(17-14)7-9-18(2)3/h4-5,10,17H,6-9,16H2,1-3H3. The summed E-state index contributed by atoms with van der Waals surface area (Å²) in [4.78, 5) is 5.76. The number of nitrogens with two attached hydrogens (primary N) is 1. The molecule has 0 radical (unpaired) electrons. The zero-order valence-corrected chi connectivity index (χ0v) is 11.6. The highest BCUT2D eigenvalue weighted by Crippen LogP contribution is 2.24. The van der Waals surface area contributed by atoms with Crippen molar-refractivity contribution in [2.75, 3.05) is 27.2 Å². The summed E-state index contributed by atoms with van der Waals surface area (Å²) in [5, 5.41) is 1.34. The zero-order valence-electron chi connectivity index (χ0n) is 11.6. The van der Waals surface area contributed by atoms with Gasteiger partial charge < -0.3 is 15.6 Å². The Hall–Kier alpha value is -1.32. The van der Waals surface area contributed by atoms with Crippen molar-refractivity contribution in [2.45, 2.75) is 19.8 Å². The summed E-state index contributed by atoms with van der Waals surface area (Å²) >= 11 is 0. The highest BCUT2D eigenvalue weighted by atomic mass is 15.0. The Morgan fingerprint density at radius 3 is 2.67 bits per heavy atom. The van der Waals surface area contributed by atoms with Crippen LogP contribution in [-0.4, -0.2) is 37.1 Å². The molecule has 0 saturated carbocycles. The van der Waals surface area contributed by atoms with Crippen LogP contribution in [0.3, 0.4) is 0 Å². The van der Waals surface area contributed by atoms with Gasteiger partial charge in [-0.1, -0.05) is 11.6 Å². The molecule has 0 fully saturated rings. The largest absolute Gasteiger partial charge is 0.358 e. The van der Waals surface area contributed by atoms with Gasteiger partial charge in [-0.2, -0.15) is 0 Å². The van der Waals surface area contributed by atoms with E-state index in [4.69, 9.17) is 5.73 Å². The van der Waals surface area contributed by atoms with E-state index in [-0.39, 0.29) is 0 Å². The zero-order chi connectivity index (χ0) is 13.1. The maximum Gasteiger partial charge on any atom is 0.0459 e. The lowest BCUT2D eigenvalue weighted by Crippen LogP contribution is -2.16. The minimum absolute atomic E-state index is 0.704. The number of nitrogens with zero attached hydrogens (tertiary/aromatic N) is 1. The van der Waals surface area contributed by atoms with Gasteiger partial charge in [0, 0.05) is 29.6 Å². The van der Waals surface area contributed by atoms with E-state index in [0.717, 1.165) is 19.4 Å². The molecule has 1 heterocycles. The van der Waals surface area contributed by atoms with Crippen LogP contribution < -0.4 is 5.73 Å². The van der Waals surface area contributed by atoms with Gasteiger partial charge in [-0.3, -0.25) is 0 Å². The highest BCUT2D eigenvalue weighted by molar-refractivity contribution is 5.85. The second kappa shape index (κ2) is 5.55. The lowest BCUT2D eigenvalue weighted by atomic mass is 10.0. The van der Waals surface area contributed by atoms with Gasteiger partial charge in [0.05, 0.1) is 0 Å². The van der Waals surface area contributed by atoms with Crippen molar-refractivity contribution in [1.82, 2.24) is 9.88 Å². The second-order valence-corrected chi connectivity index (χ2v) is 5.22. The van der Waals surface area contributed by atoms with Crippen LogP contribution in [0.25, 0.3) is 10.9 Å². The molecular formula is C15H23N3.